The molecule has 4 nitrogen and oxygen atoms in total. The molecule has 0 amide bonds. The third kappa shape index (κ3) is 3.77. The lowest BCUT2D eigenvalue weighted by atomic mass is 10.1. The maximum atomic E-state index is 13.5. The van der Waals surface area contributed by atoms with E-state index in [1.54, 1.807) is 13.0 Å². The molecule has 102 valence electrons. The van der Waals surface area contributed by atoms with E-state index < -0.39 is 5.82 Å². The Hall–Kier alpha value is -1.49. The summed E-state index contributed by atoms with van der Waals surface area (Å²) in [7, 11) is 0. The van der Waals surface area contributed by atoms with E-state index in [1.807, 2.05) is 6.92 Å². The van der Waals surface area contributed by atoms with Crippen molar-refractivity contribution in [1.82, 2.24) is 0 Å². The third-order valence-corrected chi connectivity index (χ3v) is 2.73. The topological polar surface area (TPSA) is 67.5 Å². The van der Waals surface area contributed by atoms with Gasteiger partial charge in [-0.25, -0.2) is 4.39 Å². The van der Waals surface area contributed by atoms with Crippen molar-refractivity contribution in [2.24, 2.45) is 0 Å². The van der Waals surface area contributed by atoms with Crippen LogP contribution in [0.1, 0.15) is 26.7 Å². The summed E-state index contributed by atoms with van der Waals surface area (Å²) in [6.45, 7) is 4.30. The molecule has 1 unspecified atom stereocenters. The third-order valence-electron chi connectivity index (χ3n) is 2.73. The highest BCUT2D eigenvalue weighted by Gasteiger charge is 2.12. The van der Waals surface area contributed by atoms with Gasteiger partial charge in [-0.15, -0.1) is 0 Å². The van der Waals surface area contributed by atoms with Crippen LogP contribution < -0.4 is 15.8 Å². The maximum absolute atomic E-state index is 13.5. The number of hydrogen-bond donors (Lipinski definition) is 3. The first-order chi connectivity index (χ1) is 8.62. The lowest BCUT2D eigenvalue weighted by molar-refractivity contribution is 0.278. The molecule has 0 aromatic heterocycles. The second-order valence-corrected chi connectivity index (χ2v) is 4.06. The highest BCUT2D eigenvalue weighted by atomic mass is 19.1. The van der Waals surface area contributed by atoms with E-state index >= 15 is 0 Å². The Morgan fingerprint density at radius 3 is 2.72 bits per heavy atom. The number of hydrogen-bond acceptors (Lipinski definition) is 4. The molecule has 0 fully saturated rings. The van der Waals surface area contributed by atoms with Crippen LogP contribution in [0.5, 0.6) is 5.75 Å². The van der Waals surface area contributed by atoms with Crippen LogP contribution in [0.2, 0.25) is 0 Å². The van der Waals surface area contributed by atoms with Gasteiger partial charge in [-0.3, -0.25) is 0 Å². The molecular formula is C13H21FN2O2. The Kier molecular flexibility index (Phi) is 5.71. The van der Waals surface area contributed by atoms with Gasteiger partial charge in [-0.2, -0.15) is 0 Å². The van der Waals surface area contributed by atoms with Gasteiger partial charge in [0.15, 0.2) is 11.6 Å². The summed E-state index contributed by atoms with van der Waals surface area (Å²) < 4.78 is 18.7. The van der Waals surface area contributed by atoms with Crippen molar-refractivity contribution >= 4 is 11.4 Å². The first kappa shape index (κ1) is 14.6. The van der Waals surface area contributed by atoms with Crippen LogP contribution in [0.15, 0.2) is 12.1 Å². The zero-order valence-corrected chi connectivity index (χ0v) is 10.9. The molecule has 0 bridgehead atoms. The molecular weight excluding hydrogens is 235 g/mol. The minimum Gasteiger partial charge on any atom is -0.491 e. The SMILES string of the molecule is CCOc1cc(NC(CC)CCO)c(N)cc1F. The lowest BCUT2D eigenvalue weighted by Gasteiger charge is -2.19. The summed E-state index contributed by atoms with van der Waals surface area (Å²) in [6.07, 6.45) is 1.47. The molecule has 0 aliphatic heterocycles. The maximum Gasteiger partial charge on any atom is 0.167 e. The van der Waals surface area contributed by atoms with Crippen molar-refractivity contribution < 1.29 is 14.2 Å². The molecule has 18 heavy (non-hydrogen) atoms. The average Bonchev–Trinajstić information content (AvgIpc) is 2.34. The fourth-order valence-electron chi connectivity index (χ4n) is 1.71. The quantitative estimate of drug-likeness (QED) is 0.655. The predicted molar refractivity (Wildman–Crippen MR) is 71.4 cm³/mol. The van der Waals surface area contributed by atoms with Gasteiger partial charge in [0, 0.05) is 24.8 Å². The Balaban J connectivity index is 2.89. The molecule has 0 saturated heterocycles. The lowest BCUT2D eigenvalue weighted by Crippen LogP contribution is -2.20. The molecule has 0 aliphatic carbocycles. The van der Waals surface area contributed by atoms with E-state index in [2.05, 4.69) is 5.32 Å². The summed E-state index contributed by atoms with van der Waals surface area (Å²) in [6, 6.07) is 2.92. The van der Waals surface area contributed by atoms with Crippen LogP contribution in [-0.2, 0) is 0 Å². The monoisotopic (exact) mass is 256 g/mol. The molecule has 0 spiro atoms. The van der Waals surface area contributed by atoms with Gasteiger partial charge in [-0.05, 0) is 19.8 Å². The van der Waals surface area contributed by atoms with Crippen molar-refractivity contribution in [2.75, 3.05) is 24.3 Å². The van der Waals surface area contributed by atoms with Crippen molar-refractivity contribution in [1.29, 1.82) is 0 Å². The van der Waals surface area contributed by atoms with E-state index in [9.17, 15) is 4.39 Å². The number of halogens is 1. The zero-order valence-electron chi connectivity index (χ0n) is 10.9. The van der Waals surface area contributed by atoms with E-state index in [-0.39, 0.29) is 18.4 Å². The van der Waals surface area contributed by atoms with Crippen LogP contribution in [-0.4, -0.2) is 24.4 Å². The number of aliphatic hydroxyl groups is 1. The normalized spacial score (nSPS) is 12.2. The second kappa shape index (κ2) is 7.06. The van der Waals surface area contributed by atoms with E-state index in [0.29, 0.717) is 24.4 Å². The predicted octanol–water partition coefficient (Wildman–Crippen LogP) is 2.38. The van der Waals surface area contributed by atoms with E-state index in [0.717, 1.165) is 6.42 Å². The molecule has 1 aromatic rings. The molecule has 1 atom stereocenters. The van der Waals surface area contributed by atoms with Crippen LogP contribution in [0.25, 0.3) is 0 Å². The molecule has 0 aliphatic rings. The minimum atomic E-state index is -0.463. The Bertz CT molecular complexity index is 385. The smallest absolute Gasteiger partial charge is 0.167 e. The summed E-state index contributed by atoms with van der Waals surface area (Å²) >= 11 is 0. The summed E-state index contributed by atoms with van der Waals surface area (Å²) in [4.78, 5) is 0. The number of nitrogens with one attached hydrogen (secondary N) is 1. The highest BCUT2D eigenvalue weighted by molar-refractivity contribution is 5.69. The van der Waals surface area contributed by atoms with Crippen LogP contribution in [0, 0.1) is 5.82 Å². The molecule has 0 heterocycles. The number of aliphatic hydroxyl groups excluding tert-OH is 1. The van der Waals surface area contributed by atoms with Crippen molar-refractivity contribution in [3.05, 3.63) is 17.9 Å². The van der Waals surface area contributed by atoms with E-state index in [4.69, 9.17) is 15.6 Å². The summed E-state index contributed by atoms with van der Waals surface area (Å²) in [5.41, 5.74) is 6.74. The van der Waals surface area contributed by atoms with Crippen molar-refractivity contribution in [2.45, 2.75) is 32.7 Å². The van der Waals surface area contributed by atoms with Crippen LogP contribution in [0.3, 0.4) is 0 Å². The fraction of sp³-hybridized carbons (Fsp3) is 0.538. The average molecular weight is 256 g/mol. The summed E-state index contributed by atoms with van der Waals surface area (Å²) in [5.74, 6) is -0.275. The van der Waals surface area contributed by atoms with Gasteiger partial charge in [0.1, 0.15) is 0 Å². The standard InChI is InChI=1S/C13H21FN2O2/c1-3-9(5-6-17)16-12-8-13(18-4-2)10(14)7-11(12)15/h7-9,16-17H,3-6,15H2,1-2H3. The van der Waals surface area contributed by atoms with Gasteiger partial charge in [0.05, 0.1) is 18.0 Å². The first-order valence-corrected chi connectivity index (χ1v) is 6.21. The number of anilines is 2. The minimum absolute atomic E-state index is 0.102. The van der Waals surface area contributed by atoms with Crippen molar-refractivity contribution in [3.8, 4) is 5.75 Å². The number of benzene rings is 1. The Labute approximate surface area is 107 Å². The van der Waals surface area contributed by atoms with Crippen LogP contribution in [0.4, 0.5) is 15.8 Å². The molecule has 1 rings (SSSR count). The second-order valence-electron chi connectivity index (χ2n) is 4.06. The van der Waals surface area contributed by atoms with Crippen LogP contribution >= 0.6 is 0 Å². The van der Waals surface area contributed by atoms with Gasteiger partial charge in [0.25, 0.3) is 0 Å². The number of rotatable bonds is 7. The van der Waals surface area contributed by atoms with Gasteiger partial charge < -0.3 is 20.9 Å². The summed E-state index contributed by atoms with van der Waals surface area (Å²) in [5, 5.41) is 12.1. The van der Waals surface area contributed by atoms with E-state index in [1.165, 1.54) is 6.07 Å². The fourth-order valence-corrected chi connectivity index (χ4v) is 1.71. The van der Waals surface area contributed by atoms with Gasteiger partial charge in [-0.1, -0.05) is 6.92 Å². The molecule has 5 heteroatoms. The molecule has 1 aromatic carbocycles. The Morgan fingerprint density at radius 1 is 1.44 bits per heavy atom. The molecule has 0 radical (unpaired) electrons. The number of nitrogen functional groups attached to an aromatic ring is 1. The largest absolute Gasteiger partial charge is 0.491 e. The molecule has 4 N–H and O–H groups in total. The number of nitrogens with two attached hydrogens (primary N) is 1. The highest BCUT2D eigenvalue weighted by Crippen LogP contribution is 2.29. The Morgan fingerprint density at radius 2 is 2.17 bits per heavy atom. The number of ether oxygens (including phenoxy) is 1. The first-order valence-electron chi connectivity index (χ1n) is 6.21. The van der Waals surface area contributed by atoms with Gasteiger partial charge >= 0.3 is 0 Å². The molecule has 0 saturated carbocycles. The zero-order chi connectivity index (χ0) is 13.5. The van der Waals surface area contributed by atoms with Gasteiger partial charge in [0.2, 0.25) is 0 Å². The van der Waals surface area contributed by atoms with Crippen molar-refractivity contribution in [3.63, 3.8) is 0 Å².